The monoisotopic (exact) mass is 263 g/mol. The lowest BCUT2D eigenvalue weighted by atomic mass is 10.1. The Morgan fingerprint density at radius 2 is 2.05 bits per heavy atom. The molecule has 0 amide bonds. The number of nitrogens with one attached hydrogen (secondary N) is 1. The molecule has 0 aliphatic rings. The number of rotatable bonds is 4. The van der Waals surface area contributed by atoms with Gasteiger partial charge >= 0.3 is 0 Å². The summed E-state index contributed by atoms with van der Waals surface area (Å²) >= 11 is 0. The molecule has 102 valence electrons. The summed E-state index contributed by atoms with van der Waals surface area (Å²) in [7, 11) is 0. The maximum atomic E-state index is 13.1. The summed E-state index contributed by atoms with van der Waals surface area (Å²) < 4.78 is 18.6. The zero-order valence-corrected chi connectivity index (χ0v) is 11.4. The van der Waals surface area contributed by atoms with E-state index < -0.39 is 0 Å². The third-order valence-electron chi connectivity index (χ3n) is 2.53. The molecule has 1 aromatic carbocycles. The normalized spacial score (nSPS) is 11.8. The Balaban J connectivity index is 1.99. The number of hydrogen-bond donors (Lipinski definition) is 1. The number of benzene rings is 1. The van der Waals surface area contributed by atoms with Crippen LogP contribution in [-0.2, 0) is 6.42 Å². The van der Waals surface area contributed by atoms with E-state index in [1.807, 2.05) is 0 Å². The number of nitrogens with zero attached hydrogens (tertiary/aromatic N) is 2. The van der Waals surface area contributed by atoms with Crippen LogP contribution in [0.5, 0.6) is 0 Å². The maximum absolute atomic E-state index is 13.1. The highest BCUT2D eigenvalue weighted by Gasteiger charge is 2.11. The lowest BCUT2D eigenvalue weighted by Gasteiger charge is -2.19. The van der Waals surface area contributed by atoms with Gasteiger partial charge in [0, 0.05) is 24.1 Å². The lowest BCUT2D eigenvalue weighted by molar-refractivity contribution is 0.411. The molecule has 0 aliphatic carbocycles. The van der Waals surface area contributed by atoms with Crippen LogP contribution in [0.2, 0.25) is 0 Å². The fourth-order valence-electron chi connectivity index (χ4n) is 1.64. The van der Waals surface area contributed by atoms with E-state index in [-0.39, 0.29) is 11.4 Å². The minimum Gasteiger partial charge on any atom is -0.421 e. The lowest BCUT2D eigenvalue weighted by Crippen LogP contribution is -2.37. The first-order chi connectivity index (χ1) is 8.94. The van der Waals surface area contributed by atoms with Gasteiger partial charge in [-0.15, -0.1) is 10.2 Å². The molecule has 0 saturated carbocycles. The van der Waals surface area contributed by atoms with Crippen LogP contribution >= 0.6 is 0 Å². The molecular weight excluding hydrogens is 245 g/mol. The van der Waals surface area contributed by atoms with Crippen molar-refractivity contribution < 1.29 is 8.81 Å². The van der Waals surface area contributed by atoms with E-state index in [0.29, 0.717) is 23.8 Å². The first-order valence-electron chi connectivity index (χ1n) is 6.27. The molecule has 0 atom stereocenters. The van der Waals surface area contributed by atoms with Crippen molar-refractivity contribution in [1.29, 1.82) is 0 Å². The zero-order valence-electron chi connectivity index (χ0n) is 11.4. The highest BCUT2D eigenvalue weighted by molar-refractivity contribution is 5.52. The van der Waals surface area contributed by atoms with Crippen LogP contribution in [0.25, 0.3) is 11.5 Å². The SMILES string of the molecule is CC(C)(C)NCCc1nnc(-c2cccc(F)c2)o1. The standard InChI is InChI=1S/C14H18FN3O/c1-14(2,3)16-8-7-12-17-18-13(19-12)10-5-4-6-11(15)9-10/h4-6,9,16H,7-8H2,1-3H3. The van der Waals surface area contributed by atoms with E-state index >= 15 is 0 Å². The summed E-state index contributed by atoms with van der Waals surface area (Å²) in [6.45, 7) is 7.05. The predicted octanol–water partition coefficient (Wildman–Crippen LogP) is 2.81. The van der Waals surface area contributed by atoms with Crippen LogP contribution in [0.1, 0.15) is 26.7 Å². The van der Waals surface area contributed by atoms with Crippen molar-refractivity contribution in [2.24, 2.45) is 0 Å². The van der Waals surface area contributed by atoms with E-state index in [1.165, 1.54) is 12.1 Å². The molecule has 4 nitrogen and oxygen atoms in total. The molecule has 19 heavy (non-hydrogen) atoms. The van der Waals surface area contributed by atoms with Crippen LogP contribution in [0.4, 0.5) is 4.39 Å². The quantitative estimate of drug-likeness (QED) is 0.921. The third-order valence-corrected chi connectivity index (χ3v) is 2.53. The van der Waals surface area contributed by atoms with E-state index in [2.05, 4.69) is 36.3 Å². The van der Waals surface area contributed by atoms with E-state index in [4.69, 9.17) is 4.42 Å². The van der Waals surface area contributed by atoms with Crippen LogP contribution in [-0.4, -0.2) is 22.3 Å². The van der Waals surface area contributed by atoms with E-state index in [0.717, 1.165) is 6.54 Å². The Hall–Kier alpha value is -1.75. The Bertz CT molecular complexity index is 546. The first-order valence-corrected chi connectivity index (χ1v) is 6.27. The zero-order chi connectivity index (χ0) is 13.9. The van der Waals surface area contributed by atoms with Gasteiger partial charge in [0.2, 0.25) is 11.8 Å². The summed E-state index contributed by atoms with van der Waals surface area (Å²) in [6, 6.07) is 6.13. The number of halogens is 1. The topological polar surface area (TPSA) is 51.0 Å². The molecule has 0 bridgehead atoms. The van der Waals surface area contributed by atoms with Gasteiger partial charge in [0.15, 0.2) is 0 Å². The number of hydrogen-bond acceptors (Lipinski definition) is 4. The van der Waals surface area contributed by atoms with Gasteiger partial charge in [-0.1, -0.05) is 6.07 Å². The van der Waals surface area contributed by atoms with Gasteiger partial charge in [-0.2, -0.15) is 0 Å². The minimum absolute atomic E-state index is 0.0609. The van der Waals surface area contributed by atoms with Crippen LogP contribution < -0.4 is 5.32 Å². The molecular formula is C14H18FN3O. The van der Waals surface area contributed by atoms with Crippen molar-refractivity contribution in [3.63, 3.8) is 0 Å². The summed E-state index contributed by atoms with van der Waals surface area (Å²) in [5, 5.41) is 11.2. The smallest absolute Gasteiger partial charge is 0.247 e. The molecule has 1 aromatic heterocycles. The Labute approximate surface area is 112 Å². The van der Waals surface area contributed by atoms with E-state index in [9.17, 15) is 4.39 Å². The predicted molar refractivity (Wildman–Crippen MR) is 71.2 cm³/mol. The highest BCUT2D eigenvalue weighted by atomic mass is 19.1. The Morgan fingerprint density at radius 1 is 1.26 bits per heavy atom. The van der Waals surface area contributed by atoms with Crippen LogP contribution in [0.3, 0.4) is 0 Å². The Kier molecular flexibility index (Phi) is 3.95. The summed E-state index contributed by atoms with van der Waals surface area (Å²) in [6.07, 6.45) is 0.652. The van der Waals surface area contributed by atoms with Gasteiger partial charge in [0.05, 0.1) is 0 Å². The Morgan fingerprint density at radius 3 is 2.74 bits per heavy atom. The number of aromatic nitrogens is 2. The highest BCUT2D eigenvalue weighted by Crippen LogP contribution is 2.18. The minimum atomic E-state index is -0.313. The average Bonchev–Trinajstić information content (AvgIpc) is 2.76. The van der Waals surface area contributed by atoms with Crippen molar-refractivity contribution in [3.8, 4) is 11.5 Å². The molecule has 0 spiro atoms. The first kappa shape index (κ1) is 13.7. The fourth-order valence-corrected chi connectivity index (χ4v) is 1.64. The second-order valence-electron chi connectivity index (χ2n) is 5.44. The molecule has 0 fully saturated rings. The molecule has 2 rings (SSSR count). The van der Waals surface area contributed by atoms with Crippen molar-refractivity contribution in [1.82, 2.24) is 15.5 Å². The van der Waals surface area contributed by atoms with Gasteiger partial charge < -0.3 is 9.73 Å². The summed E-state index contributed by atoms with van der Waals surface area (Å²) in [5.74, 6) is 0.591. The maximum Gasteiger partial charge on any atom is 0.247 e. The van der Waals surface area contributed by atoms with Gasteiger partial charge in [0.25, 0.3) is 0 Å². The summed E-state index contributed by atoms with van der Waals surface area (Å²) in [4.78, 5) is 0. The van der Waals surface area contributed by atoms with Crippen molar-refractivity contribution in [2.45, 2.75) is 32.7 Å². The van der Waals surface area contributed by atoms with Gasteiger partial charge in [-0.25, -0.2) is 4.39 Å². The van der Waals surface area contributed by atoms with Crippen LogP contribution in [0, 0.1) is 5.82 Å². The third kappa shape index (κ3) is 4.13. The molecule has 0 unspecified atom stereocenters. The molecule has 1 N–H and O–H groups in total. The van der Waals surface area contributed by atoms with Gasteiger partial charge in [-0.3, -0.25) is 0 Å². The second kappa shape index (κ2) is 5.48. The molecule has 0 radical (unpaired) electrons. The summed E-state index contributed by atoms with van der Waals surface area (Å²) in [5.41, 5.74) is 0.660. The van der Waals surface area contributed by atoms with Crippen molar-refractivity contribution in [3.05, 3.63) is 36.0 Å². The fraction of sp³-hybridized carbons (Fsp3) is 0.429. The molecule has 2 aromatic rings. The molecule has 0 aliphatic heterocycles. The largest absolute Gasteiger partial charge is 0.421 e. The molecule has 0 saturated heterocycles. The van der Waals surface area contributed by atoms with E-state index in [1.54, 1.807) is 12.1 Å². The van der Waals surface area contributed by atoms with Gasteiger partial charge in [-0.05, 0) is 39.0 Å². The average molecular weight is 263 g/mol. The van der Waals surface area contributed by atoms with Crippen molar-refractivity contribution in [2.75, 3.05) is 6.54 Å². The van der Waals surface area contributed by atoms with Gasteiger partial charge in [0.1, 0.15) is 5.82 Å². The molecule has 5 heteroatoms. The van der Waals surface area contributed by atoms with Crippen LogP contribution in [0.15, 0.2) is 28.7 Å². The second-order valence-corrected chi connectivity index (χ2v) is 5.44. The van der Waals surface area contributed by atoms with Crippen molar-refractivity contribution >= 4 is 0 Å². The molecule has 1 heterocycles.